The van der Waals surface area contributed by atoms with E-state index in [0.717, 1.165) is 5.75 Å². The normalized spacial score (nSPS) is 14.9. The van der Waals surface area contributed by atoms with Gasteiger partial charge in [-0.1, -0.05) is 6.07 Å². The Morgan fingerprint density at radius 1 is 1.14 bits per heavy atom. The molecule has 0 radical (unpaired) electrons. The molecule has 0 aliphatic rings. The van der Waals surface area contributed by atoms with E-state index in [9.17, 15) is 5.11 Å². The Kier molecular flexibility index (Phi) is 3.53. The first-order valence-corrected chi connectivity index (χ1v) is 4.92. The number of aliphatic hydroxyl groups is 1. The van der Waals surface area contributed by atoms with Gasteiger partial charge in [0.25, 0.3) is 0 Å². The largest absolute Gasteiger partial charge is 0.488 e. The first kappa shape index (κ1) is 11.1. The summed E-state index contributed by atoms with van der Waals surface area (Å²) in [7, 11) is 0. The molecule has 0 aromatic heterocycles. The van der Waals surface area contributed by atoms with Crippen LogP contribution in [0.25, 0.3) is 0 Å². The number of hydrogen-bond donors (Lipinski definition) is 1. The highest BCUT2D eigenvalue weighted by Gasteiger charge is 2.10. The Hall–Kier alpha value is -1.02. The molecule has 0 aliphatic heterocycles. The molecule has 0 saturated carbocycles. The molecule has 0 amide bonds. The Balaban J connectivity index is 2.73. The highest BCUT2D eigenvalue weighted by atomic mass is 16.5. The number of ether oxygens (including phenoxy) is 1. The Morgan fingerprint density at radius 2 is 1.79 bits per heavy atom. The van der Waals surface area contributed by atoms with Crippen molar-refractivity contribution in [3.63, 3.8) is 0 Å². The molecule has 1 rings (SSSR count). The summed E-state index contributed by atoms with van der Waals surface area (Å²) in [5.41, 5.74) is 2.46. The van der Waals surface area contributed by atoms with Gasteiger partial charge in [0.15, 0.2) is 0 Å². The van der Waals surface area contributed by atoms with Crippen molar-refractivity contribution in [2.24, 2.45) is 0 Å². The molecule has 1 aromatic carbocycles. The van der Waals surface area contributed by atoms with Crippen LogP contribution in [0.1, 0.15) is 25.0 Å². The number of rotatable bonds is 3. The van der Waals surface area contributed by atoms with Gasteiger partial charge in [-0.25, -0.2) is 0 Å². The summed E-state index contributed by atoms with van der Waals surface area (Å²) in [6.07, 6.45) is -0.617. The van der Waals surface area contributed by atoms with Crippen molar-refractivity contribution in [3.8, 4) is 5.75 Å². The van der Waals surface area contributed by atoms with Gasteiger partial charge in [0.1, 0.15) is 11.9 Å². The van der Waals surface area contributed by atoms with Crippen LogP contribution in [0.2, 0.25) is 0 Å². The lowest BCUT2D eigenvalue weighted by Gasteiger charge is -2.17. The fourth-order valence-electron chi connectivity index (χ4n) is 1.10. The van der Waals surface area contributed by atoms with E-state index in [1.54, 1.807) is 6.92 Å². The van der Waals surface area contributed by atoms with E-state index in [0.29, 0.717) is 0 Å². The van der Waals surface area contributed by atoms with E-state index in [4.69, 9.17) is 4.74 Å². The summed E-state index contributed by atoms with van der Waals surface area (Å²) in [5, 5.41) is 9.28. The average molecular weight is 194 g/mol. The highest BCUT2D eigenvalue weighted by Crippen LogP contribution is 2.18. The van der Waals surface area contributed by atoms with Gasteiger partial charge in [-0.2, -0.15) is 0 Å². The van der Waals surface area contributed by atoms with Crippen molar-refractivity contribution in [1.82, 2.24) is 0 Å². The van der Waals surface area contributed by atoms with Gasteiger partial charge in [-0.3, -0.25) is 0 Å². The van der Waals surface area contributed by atoms with E-state index >= 15 is 0 Å². The van der Waals surface area contributed by atoms with Crippen LogP contribution in [0.5, 0.6) is 5.75 Å². The van der Waals surface area contributed by atoms with Crippen LogP contribution in [0.4, 0.5) is 0 Å². The molecule has 0 spiro atoms. The van der Waals surface area contributed by atoms with Crippen LogP contribution in [0.15, 0.2) is 18.2 Å². The summed E-state index contributed by atoms with van der Waals surface area (Å²) in [5.74, 6) is 0.821. The molecular weight excluding hydrogens is 176 g/mol. The summed E-state index contributed by atoms with van der Waals surface area (Å²) in [6, 6.07) is 5.95. The van der Waals surface area contributed by atoms with Crippen LogP contribution >= 0.6 is 0 Å². The molecule has 78 valence electrons. The maximum Gasteiger partial charge on any atom is 0.121 e. The van der Waals surface area contributed by atoms with E-state index in [1.807, 2.05) is 25.1 Å². The lowest BCUT2D eigenvalue weighted by molar-refractivity contribution is 0.0604. The Morgan fingerprint density at radius 3 is 2.29 bits per heavy atom. The molecule has 0 bridgehead atoms. The van der Waals surface area contributed by atoms with Gasteiger partial charge in [0.2, 0.25) is 0 Å². The smallest absolute Gasteiger partial charge is 0.121 e. The highest BCUT2D eigenvalue weighted by molar-refractivity contribution is 5.33. The molecule has 1 unspecified atom stereocenters. The van der Waals surface area contributed by atoms with Crippen molar-refractivity contribution in [3.05, 3.63) is 29.3 Å². The monoisotopic (exact) mass is 194 g/mol. The third-order valence-electron chi connectivity index (χ3n) is 2.48. The van der Waals surface area contributed by atoms with E-state index < -0.39 is 6.10 Å². The van der Waals surface area contributed by atoms with Crippen LogP contribution in [0, 0.1) is 13.8 Å². The third-order valence-corrected chi connectivity index (χ3v) is 2.48. The molecule has 2 heteroatoms. The average Bonchev–Trinajstić information content (AvgIpc) is 2.11. The second kappa shape index (κ2) is 4.47. The van der Waals surface area contributed by atoms with Gasteiger partial charge in [-0.05, 0) is 51.0 Å². The van der Waals surface area contributed by atoms with E-state index in [1.165, 1.54) is 11.1 Å². The Labute approximate surface area is 85.5 Å². The molecule has 2 nitrogen and oxygen atoms in total. The second-order valence-corrected chi connectivity index (χ2v) is 3.81. The van der Waals surface area contributed by atoms with Gasteiger partial charge in [0, 0.05) is 0 Å². The zero-order valence-corrected chi connectivity index (χ0v) is 9.24. The number of benzene rings is 1. The second-order valence-electron chi connectivity index (χ2n) is 3.81. The summed E-state index contributed by atoms with van der Waals surface area (Å²) in [6.45, 7) is 7.71. The fraction of sp³-hybridized carbons (Fsp3) is 0.500. The summed E-state index contributed by atoms with van der Waals surface area (Å²) >= 11 is 0. The van der Waals surface area contributed by atoms with Gasteiger partial charge in [-0.15, -0.1) is 0 Å². The van der Waals surface area contributed by atoms with Crippen LogP contribution in [-0.2, 0) is 0 Å². The molecule has 14 heavy (non-hydrogen) atoms. The molecule has 0 heterocycles. The third kappa shape index (κ3) is 2.74. The van der Waals surface area contributed by atoms with Crippen LogP contribution in [-0.4, -0.2) is 17.3 Å². The first-order chi connectivity index (χ1) is 6.50. The molecule has 2 atom stereocenters. The lowest BCUT2D eigenvalue weighted by Crippen LogP contribution is -2.25. The molecular formula is C12H18O2. The van der Waals surface area contributed by atoms with Crippen molar-refractivity contribution in [1.29, 1.82) is 0 Å². The van der Waals surface area contributed by atoms with Gasteiger partial charge >= 0.3 is 0 Å². The minimum Gasteiger partial charge on any atom is -0.488 e. The first-order valence-electron chi connectivity index (χ1n) is 4.92. The molecule has 0 fully saturated rings. The van der Waals surface area contributed by atoms with E-state index in [2.05, 4.69) is 13.8 Å². The van der Waals surface area contributed by atoms with Gasteiger partial charge in [0.05, 0.1) is 6.10 Å². The quantitative estimate of drug-likeness (QED) is 0.801. The van der Waals surface area contributed by atoms with Gasteiger partial charge < -0.3 is 9.84 Å². The molecule has 0 saturated heterocycles. The van der Waals surface area contributed by atoms with Crippen molar-refractivity contribution in [2.45, 2.75) is 39.9 Å². The number of aryl methyl sites for hydroxylation is 2. The maximum absolute atomic E-state index is 9.28. The Bertz CT molecular complexity index is 305. The number of hydrogen-bond acceptors (Lipinski definition) is 2. The topological polar surface area (TPSA) is 29.5 Å². The van der Waals surface area contributed by atoms with Crippen LogP contribution in [0.3, 0.4) is 0 Å². The SMILES string of the molecule is Cc1ccc(OC(C)[C@@H](C)O)cc1C. The minimum atomic E-state index is -0.448. The summed E-state index contributed by atoms with van der Waals surface area (Å²) < 4.78 is 5.56. The van der Waals surface area contributed by atoms with Crippen molar-refractivity contribution >= 4 is 0 Å². The van der Waals surface area contributed by atoms with Crippen LogP contribution < -0.4 is 4.74 Å². The lowest BCUT2D eigenvalue weighted by atomic mass is 10.1. The van der Waals surface area contributed by atoms with Crippen molar-refractivity contribution < 1.29 is 9.84 Å². The standard InChI is InChI=1S/C12H18O2/c1-8-5-6-12(7-9(8)2)14-11(4)10(3)13/h5-7,10-11,13H,1-4H3/t10-,11?/m1/s1. The molecule has 0 aliphatic carbocycles. The van der Waals surface area contributed by atoms with E-state index in [-0.39, 0.29) is 6.10 Å². The predicted molar refractivity (Wildman–Crippen MR) is 57.7 cm³/mol. The summed E-state index contributed by atoms with van der Waals surface area (Å²) in [4.78, 5) is 0. The van der Waals surface area contributed by atoms with Crippen molar-refractivity contribution in [2.75, 3.05) is 0 Å². The predicted octanol–water partition coefficient (Wildman–Crippen LogP) is 2.45. The zero-order valence-electron chi connectivity index (χ0n) is 9.24. The molecule has 1 N–H and O–H groups in total. The fourth-order valence-corrected chi connectivity index (χ4v) is 1.10. The molecule has 1 aromatic rings. The maximum atomic E-state index is 9.28. The number of aliphatic hydroxyl groups excluding tert-OH is 1. The zero-order chi connectivity index (χ0) is 10.7. The minimum absolute atomic E-state index is 0.169.